The molecule has 1 radical (unpaired) electrons. The Labute approximate surface area is 313 Å². The summed E-state index contributed by atoms with van der Waals surface area (Å²) in [6, 6.07) is 45.1. The van der Waals surface area contributed by atoms with Crippen molar-refractivity contribution in [3.8, 4) is 0 Å². The number of rotatable bonds is 8. The molecule has 0 aliphatic carbocycles. The summed E-state index contributed by atoms with van der Waals surface area (Å²) in [4.78, 5) is 25.7. The monoisotopic (exact) mass is 846 g/mol. The normalized spacial score (nSPS) is 14.1. The van der Waals surface area contributed by atoms with Crippen LogP contribution >= 0.6 is 0 Å². The first-order valence-corrected chi connectivity index (χ1v) is 16.7. The van der Waals surface area contributed by atoms with Crippen LogP contribution in [0.4, 0.5) is 51.4 Å². The molecule has 0 bridgehead atoms. The molecule has 3 aliphatic heterocycles. The third kappa shape index (κ3) is 7.11. The Balaban J connectivity index is 0.000000200. The van der Waals surface area contributed by atoms with Crippen LogP contribution in [0.2, 0.25) is 0 Å². The van der Waals surface area contributed by atoms with Crippen LogP contribution in [0.5, 0.6) is 0 Å². The minimum atomic E-state index is 0. The number of unbranched alkanes of at least 4 members (excludes halogenated alkanes) is 1. The molecule has 0 fully saturated rings. The van der Waals surface area contributed by atoms with E-state index in [4.69, 9.17) is 0 Å². The summed E-state index contributed by atoms with van der Waals surface area (Å²) in [6.45, 7) is 8.29. The van der Waals surface area contributed by atoms with Gasteiger partial charge < -0.3 is 34.4 Å². The Morgan fingerprint density at radius 3 is 1.55 bits per heavy atom. The molecule has 0 unspecified atom stereocenters. The molecule has 0 saturated heterocycles. The van der Waals surface area contributed by atoms with E-state index in [-0.39, 0.29) is 20.1 Å². The van der Waals surface area contributed by atoms with Crippen LogP contribution in [0, 0.1) is 38.2 Å². The summed E-state index contributed by atoms with van der Waals surface area (Å²) >= 11 is 0. The van der Waals surface area contributed by atoms with Crippen LogP contribution < -0.4 is 29.4 Å². The average molecular weight is 846 g/mol. The molecule has 0 N–H and O–H groups in total. The number of para-hydroxylation sites is 6. The number of hydrogen-bond donors (Lipinski definition) is 0. The van der Waals surface area contributed by atoms with Crippen LogP contribution in [0.25, 0.3) is 0 Å². The van der Waals surface area contributed by atoms with Gasteiger partial charge in [-0.3, -0.25) is 0 Å². The molecule has 2 aromatic heterocycles. The maximum absolute atomic E-state index is 4.31. The van der Waals surface area contributed by atoms with Crippen molar-refractivity contribution >= 4 is 51.4 Å². The molecular formula is C41H35IrN9-6. The summed E-state index contributed by atoms with van der Waals surface area (Å²) < 4.78 is 0. The molecule has 10 heteroatoms. The number of hydrogen-bond acceptors (Lipinski definition) is 9. The molecule has 0 saturated carbocycles. The second kappa shape index (κ2) is 15.6. The van der Waals surface area contributed by atoms with E-state index in [2.05, 4.69) is 139 Å². The predicted molar refractivity (Wildman–Crippen MR) is 200 cm³/mol. The number of nitrogens with zero attached hydrogens (tertiary/aromatic N) is 9. The fourth-order valence-corrected chi connectivity index (χ4v) is 6.37. The summed E-state index contributed by atoms with van der Waals surface area (Å²) in [6.07, 6.45) is 8.99. The quantitative estimate of drug-likeness (QED) is 0.111. The maximum atomic E-state index is 4.31. The van der Waals surface area contributed by atoms with Crippen LogP contribution in [0.3, 0.4) is 0 Å². The fraction of sp³-hybridized carbons (Fsp3) is 0.122. The Morgan fingerprint density at radius 1 is 0.529 bits per heavy atom. The minimum absolute atomic E-state index is 0. The van der Waals surface area contributed by atoms with Crippen molar-refractivity contribution in [3.63, 3.8) is 0 Å². The average Bonchev–Trinajstić information content (AvgIpc) is 3.86. The molecule has 5 heterocycles. The molecular weight excluding hydrogens is 811 g/mol. The van der Waals surface area contributed by atoms with Gasteiger partial charge in [-0.25, -0.2) is 9.97 Å². The third-order valence-corrected chi connectivity index (χ3v) is 8.72. The molecule has 9 nitrogen and oxygen atoms in total. The van der Waals surface area contributed by atoms with E-state index in [1.54, 1.807) is 30.9 Å². The largest absolute Gasteiger partial charge is 0.501 e. The minimum Gasteiger partial charge on any atom is -0.501 e. The number of fused-ring (bicyclic) bond motifs is 3. The van der Waals surface area contributed by atoms with E-state index >= 15 is 0 Å². The van der Waals surface area contributed by atoms with Crippen molar-refractivity contribution in [2.75, 3.05) is 49.5 Å². The van der Waals surface area contributed by atoms with Crippen LogP contribution in [0.15, 0.2) is 128 Å². The van der Waals surface area contributed by atoms with Gasteiger partial charge in [0, 0.05) is 55.2 Å². The van der Waals surface area contributed by atoms with Crippen molar-refractivity contribution in [3.05, 3.63) is 166 Å². The third-order valence-electron chi connectivity index (χ3n) is 8.72. The molecule has 0 atom stereocenters. The zero-order valence-electron chi connectivity index (χ0n) is 28.0. The number of benzene rings is 4. The van der Waals surface area contributed by atoms with Gasteiger partial charge in [0.2, 0.25) is 0 Å². The zero-order chi connectivity index (χ0) is 33.7. The van der Waals surface area contributed by atoms with E-state index in [0.717, 1.165) is 54.6 Å². The van der Waals surface area contributed by atoms with Crippen LogP contribution in [-0.4, -0.2) is 35.1 Å². The van der Waals surface area contributed by atoms with Gasteiger partial charge >= 0.3 is 0 Å². The Kier molecular flexibility index (Phi) is 10.4. The number of anilines is 9. The number of pyridine rings is 1. The Hall–Kier alpha value is -5.44. The van der Waals surface area contributed by atoms with Crippen molar-refractivity contribution < 1.29 is 20.1 Å². The standard InChI is InChI=1S/C30H26N4.C11H9N5.Ir/c1-3-13-25(14-4-1)33-23-31(27-17-7-9-19-29(27)33)21-11-12-22-32-24-34(26-15-5-2-6-16-26)30-20-10-8-18-28(30)32;1-15-8-16(9-3-2-4-12-7-9)11-10(15)13-5-6-14-11;/h1-10,13,15,17-20,23-24H,11-12,21-22H2;2,4-8H,1H3;/q-4;-2;. The first-order chi connectivity index (χ1) is 24.7. The van der Waals surface area contributed by atoms with Gasteiger partial charge in [0.25, 0.3) is 0 Å². The second-order valence-corrected chi connectivity index (χ2v) is 12.0. The molecule has 259 valence electrons. The van der Waals surface area contributed by atoms with Crippen LogP contribution in [-0.2, 0) is 20.1 Å². The molecule has 51 heavy (non-hydrogen) atoms. The molecule has 6 aromatic rings. The van der Waals surface area contributed by atoms with E-state index < -0.39 is 0 Å². The van der Waals surface area contributed by atoms with Crippen LogP contribution in [0.1, 0.15) is 12.8 Å². The van der Waals surface area contributed by atoms with Gasteiger partial charge in [0.1, 0.15) is 11.6 Å². The van der Waals surface area contributed by atoms with Crippen molar-refractivity contribution in [2.45, 2.75) is 12.8 Å². The molecule has 4 aromatic carbocycles. The first-order valence-electron chi connectivity index (χ1n) is 16.7. The van der Waals surface area contributed by atoms with Crippen molar-refractivity contribution in [1.82, 2.24) is 15.0 Å². The second-order valence-electron chi connectivity index (χ2n) is 12.0. The van der Waals surface area contributed by atoms with Gasteiger partial charge in [-0.1, -0.05) is 42.3 Å². The molecule has 0 spiro atoms. The topological polar surface area (TPSA) is 58.1 Å². The van der Waals surface area contributed by atoms with Gasteiger partial charge in [-0.2, -0.15) is 86.1 Å². The molecule has 0 amide bonds. The Morgan fingerprint density at radius 2 is 1.04 bits per heavy atom. The molecule has 9 rings (SSSR count). The van der Waals surface area contributed by atoms with E-state index in [1.807, 2.05) is 47.8 Å². The first kappa shape index (κ1) is 34.0. The van der Waals surface area contributed by atoms with Gasteiger partial charge in [0.05, 0.1) is 0 Å². The SMILES string of the molecule is CN1[CH-]N(c2[c-]ccnc2)c2nccnc21.[Ir].[c-]1ccccc1N1[CH-]N(CCCCN2[CH-]N(c3[c-]cccc3)c3ccccc32)c2ccccc21. The summed E-state index contributed by atoms with van der Waals surface area (Å²) in [7, 11) is 1.93. The van der Waals surface area contributed by atoms with E-state index in [1.165, 1.54) is 22.7 Å². The van der Waals surface area contributed by atoms with E-state index in [9.17, 15) is 0 Å². The fourth-order valence-electron chi connectivity index (χ4n) is 6.37. The summed E-state index contributed by atoms with van der Waals surface area (Å²) in [5, 5.41) is 0. The van der Waals surface area contributed by atoms with E-state index in [0.29, 0.717) is 0 Å². The van der Waals surface area contributed by atoms with Gasteiger partial charge in [0.15, 0.2) is 0 Å². The van der Waals surface area contributed by atoms with Crippen molar-refractivity contribution in [2.24, 2.45) is 0 Å². The Bertz CT molecular complexity index is 1920. The summed E-state index contributed by atoms with van der Waals surface area (Å²) in [5.41, 5.74) is 7.92. The van der Waals surface area contributed by atoms with Crippen molar-refractivity contribution in [1.29, 1.82) is 0 Å². The maximum Gasteiger partial charge on any atom is 0.144 e. The molecule has 3 aliphatic rings. The predicted octanol–water partition coefficient (Wildman–Crippen LogP) is 8.30. The number of aromatic nitrogens is 3. The smallest absolute Gasteiger partial charge is 0.144 e. The summed E-state index contributed by atoms with van der Waals surface area (Å²) in [5.74, 6) is 1.63. The zero-order valence-corrected chi connectivity index (χ0v) is 30.4. The van der Waals surface area contributed by atoms with Gasteiger partial charge in [-0.05, 0) is 57.2 Å². The van der Waals surface area contributed by atoms with Gasteiger partial charge in [-0.15, -0.1) is 18.0 Å².